The molecule has 1 atom stereocenters. The molecule has 124 valence electrons. The lowest BCUT2D eigenvalue weighted by atomic mass is 10.1. The third kappa shape index (κ3) is 4.33. The maximum Gasteiger partial charge on any atom is 0.410 e. The van der Waals surface area contributed by atoms with Crippen molar-refractivity contribution < 1.29 is 14.6 Å². The van der Waals surface area contributed by atoms with Gasteiger partial charge in [-0.2, -0.15) is 5.26 Å². The summed E-state index contributed by atoms with van der Waals surface area (Å²) in [5, 5.41) is 18.4. The lowest BCUT2D eigenvalue weighted by Gasteiger charge is -2.41. The Kier molecular flexibility index (Phi) is 5.06. The molecule has 0 aliphatic carbocycles. The van der Waals surface area contributed by atoms with Crippen LogP contribution < -0.4 is 4.90 Å². The Morgan fingerprint density at radius 3 is 2.74 bits per heavy atom. The lowest BCUT2D eigenvalue weighted by Crippen LogP contribution is -2.57. The molecule has 1 aliphatic heterocycles. The fraction of sp³-hybridized carbons (Fsp3) is 0.562. The zero-order chi connectivity index (χ0) is 17.0. The predicted molar refractivity (Wildman–Crippen MR) is 85.0 cm³/mol. The highest BCUT2D eigenvalue weighted by Crippen LogP contribution is 2.19. The van der Waals surface area contributed by atoms with Crippen molar-refractivity contribution in [1.82, 2.24) is 9.88 Å². The number of hydrogen-bond acceptors (Lipinski definition) is 6. The minimum absolute atomic E-state index is 0.147. The number of aliphatic hydroxyl groups is 1. The van der Waals surface area contributed by atoms with Crippen LogP contribution in [0.2, 0.25) is 0 Å². The van der Waals surface area contributed by atoms with Gasteiger partial charge in [0.25, 0.3) is 0 Å². The summed E-state index contributed by atoms with van der Waals surface area (Å²) in [6.45, 7) is 6.80. The standard InChI is InChI=1S/C16H22N4O3/c1-16(2,3)23-15(22)20-7-6-19(10-13(20)11-21)14-5-4-12(8-17)9-18-14/h4-5,9,13,21H,6-7,10-11H2,1-3H3. The van der Waals surface area contributed by atoms with E-state index in [0.717, 1.165) is 5.82 Å². The van der Waals surface area contributed by atoms with Crippen molar-refractivity contribution >= 4 is 11.9 Å². The number of hydrogen-bond donors (Lipinski definition) is 1. The normalized spacial score (nSPS) is 18.5. The second kappa shape index (κ2) is 6.84. The Morgan fingerprint density at radius 2 is 2.22 bits per heavy atom. The van der Waals surface area contributed by atoms with E-state index in [-0.39, 0.29) is 12.6 Å². The fourth-order valence-corrected chi connectivity index (χ4v) is 2.42. The Balaban J connectivity index is 2.06. The number of aromatic nitrogens is 1. The summed E-state index contributed by atoms with van der Waals surface area (Å²) < 4.78 is 5.39. The van der Waals surface area contributed by atoms with Crippen molar-refractivity contribution in [2.24, 2.45) is 0 Å². The second-order valence-corrected chi connectivity index (χ2v) is 6.47. The van der Waals surface area contributed by atoms with E-state index in [2.05, 4.69) is 4.98 Å². The van der Waals surface area contributed by atoms with Gasteiger partial charge in [-0.15, -0.1) is 0 Å². The van der Waals surface area contributed by atoms with Crippen LogP contribution in [-0.2, 0) is 4.74 Å². The van der Waals surface area contributed by atoms with E-state index in [1.807, 2.05) is 31.7 Å². The minimum atomic E-state index is -0.567. The second-order valence-electron chi connectivity index (χ2n) is 6.47. The first kappa shape index (κ1) is 17.0. The highest BCUT2D eigenvalue weighted by Gasteiger charge is 2.33. The number of amides is 1. The van der Waals surface area contributed by atoms with Crippen molar-refractivity contribution in [3.8, 4) is 6.07 Å². The number of ether oxygens (including phenoxy) is 1. The van der Waals surface area contributed by atoms with E-state index in [1.165, 1.54) is 6.20 Å². The van der Waals surface area contributed by atoms with Crippen LogP contribution in [0, 0.1) is 11.3 Å². The largest absolute Gasteiger partial charge is 0.444 e. The molecule has 1 aliphatic rings. The fourth-order valence-electron chi connectivity index (χ4n) is 2.42. The summed E-state index contributed by atoms with van der Waals surface area (Å²) >= 11 is 0. The van der Waals surface area contributed by atoms with Crippen molar-refractivity contribution in [1.29, 1.82) is 5.26 Å². The minimum Gasteiger partial charge on any atom is -0.444 e. The summed E-state index contributed by atoms with van der Waals surface area (Å²) in [7, 11) is 0. The maximum absolute atomic E-state index is 12.2. The van der Waals surface area contributed by atoms with Crippen LogP contribution in [0.15, 0.2) is 18.3 Å². The lowest BCUT2D eigenvalue weighted by molar-refractivity contribution is 0.00699. The molecule has 1 saturated heterocycles. The van der Waals surface area contributed by atoms with Gasteiger partial charge in [0, 0.05) is 25.8 Å². The number of anilines is 1. The number of carbonyl (C=O) groups excluding carboxylic acids is 1. The third-order valence-electron chi connectivity index (χ3n) is 3.52. The first-order valence-corrected chi connectivity index (χ1v) is 7.55. The van der Waals surface area contributed by atoms with Gasteiger partial charge in [-0.25, -0.2) is 9.78 Å². The van der Waals surface area contributed by atoms with Gasteiger partial charge >= 0.3 is 6.09 Å². The van der Waals surface area contributed by atoms with Gasteiger partial charge in [-0.05, 0) is 32.9 Å². The van der Waals surface area contributed by atoms with Crippen molar-refractivity contribution in [2.45, 2.75) is 32.4 Å². The molecular weight excluding hydrogens is 296 g/mol. The number of pyridine rings is 1. The summed E-state index contributed by atoms with van der Waals surface area (Å²) in [5.74, 6) is 0.728. The van der Waals surface area contributed by atoms with Gasteiger partial charge in [0.05, 0.1) is 18.2 Å². The highest BCUT2D eigenvalue weighted by atomic mass is 16.6. The van der Waals surface area contributed by atoms with Crippen molar-refractivity contribution in [2.75, 3.05) is 31.1 Å². The van der Waals surface area contributed by atoms with Crippen LogP contribution in [0.25, 0.3) is 0 Å². The number of rotatable bonds is 2. The molecule has 1 amide bonds. The third-order valence-corrected chi connectivity index (χ3v) is 3.52. The molecule has 7 heteroatoms. The molecule has 1 unspecified atom stereocenters. The molecule has 1 N–H and O–H groups in total. The molecule has 1 fully saturated rings. The average molecular weight is 318 g/mol. The smallest absolute Gasteiger partial charge is 0.410 e. The highest BCUT2D eigenvalue weighted by molar-refractivity contribution is 5.69. The van der Waals surface area contributed by atoms with Crippen LogP contribution in [-0.4, -0.2) is 59.0 Å². The Hall–Kier alpha value is -2.33. The van der Waals surface area contributed by atoms with Gasteiger partial charge in [0.15, 0.2) is 0 Å². The molecule has 7 nitrogen and oxygen atoms in total. The molecule has 0 spiro atoms. The Bertz CT molecular complexity index is 589. The molecule has 0 saturated carbocycles. The van der Waals surface area contributed by atoms with Crippen molar-refractivity contribution in [3.63, 3.8) is 0 Å². The number of piperazine rings is 1. The van der Waals surface area contributed by atoms with Crippen molar-refractivity contribution in [3.05, 3.63) is 23.9 Å². The Morgan fingerprint density at radius 1 is 1.48 bits per heavy atom. The summed E-state index contributed by atoms with van der Waals surface area (Å²) in [5.41, 5.74) is -0.0667. The maximum atomic E-state index is 12.2. The van der Waals surface area contributed by atoms with Gasteiger partial charge in [-0.1, -0.05) is 0 Å². The number of carbonyl (C=O) groups is 1. The number of aliphatic hydroxyl groups excluding tert-OH is 1. The molecule has 0 bridgehead atoms. The first-order valence-electron chi connectivity index (χ1n) is 7.55. The summed E-state index contributed by atoms with van der Waals surface area (Å²) in [6, 6.07) is 5.16. The molecule has 1 aromatic heterocycles. The quantitative estimate of drug-likeness (QED) is 0.886. The van der Waals surface area contributed by atoms with E-state index in [1.54, 1.807) is 17.0 Å². The van der Waals surface area contributed by atoms with Gasteiger partial charge in [0.2, 0.25) is 0 Å². The van der Waals surface area contributed by atoms with E-state index in [4.69, 9.17) is 10.00 Å². The molecule has 0 aromatic carbocycles. The molecule has 2 rings (SSSR count). The topological polar surface area (TPSA) is 89.7 Å². The molecule has 23 heavy (non-hydrogen) atoms. The van der Waals surface area contributed by atoms with Gasteiger partial charge in [0.1, 0.15) is 17.5 Å². The van der Waals surface area contributed by atoms with Crippen LogP contribution >= 0.6 is 0 Å². The molecule has 0 radical (unpaired) electrons. The Labute approximate surface area is 136 Å². The number of nitriles is 1. The first-order chi connectivity index (χ1) is 10.8. The van der Waals surface area contributed by atoms with E-state index in [0.29, 0.717) is 25.2 Å². The van der Waals surface area contributed by atoms with E-state index < -0.39 is 11.7 Å². The molecule has 1 aromatic rings. The SMILES string of the molecule is CC(C)(C)OC(=O)N1CCN(c2ccc(C#N)cn2)CC1CO. The van der Waals surface area contributed by atoms with Crippen LogP contribution in [0.1, 0.15) is 26.3 Å². The predicted octanol–water partition coefficient (Wildman–Crippen LogP) is 1.37. The zero-order valence-corrected chi connectivity index (χ0v) is 13.7. The van der Waals surface area contributed by atoms with Crippen LogP contribution in [0.4, 0.5) is 10.6 Å². The molecular formula is C16H22N4O3. The molecule has 2 heterocycles. The monoisotopic (exact) mass is 318 g/mol. The zero-order valence-electron chi connectivity index (χ0n) is 13.7. The number of nitrogens with zero attached hydrogens (tertiary/aromatic N) is 4. The summed E-state index contributed by atoms with van der Waals surface area (Å²) in [6.07, 6.45) is 1.10. The van der Waals surface area contributed by atoms with Gasteiger partial charge < -0.3 is 14.7 Å². The average Bonchev–Trinajstić information content (AvgIpc) is 2.52. The van der Waals surface area contributed by atoms with E-state index >= 15 is 0 Å². The van der Waals surface area contributed by atoms with E-state index in [9.17, 15) is 9.90 Å². The van der Waals surface area contributed by atoms with Crippen LogP contribution in [0.5, 0.6) is 0 Å². The summed E-state index contributed by atoms with van der Waals surface area (Å²) in [4.78, 5) is 20.0. The van der Waals surface area contributed by atoms with Gasteiger partial charge in [-0.3, -0.25) is 4.90 Å². The van der Waals surface area contributed by atoms with Crippen LogP contribution in [0.3, 0.4) is 0 Å².